The molecule has 2 aliphatic heterocycles. The maximum atomic E-state index is 13.8. The molecule has 0 radical (unpaired) electrons. The molecule has 2 aliphatic carbocycles. The molecule has 12 aromatic rings. The molecule has 18 heteroatoms. The zero-order valence-electron chi connectivity index (χ0n) is 66.7. The number of thioether (sulfide) groups is 2. The summed E-state index contributed by atoms with van der Waals surface area (Å²) in [4.78, 5) is 39.7. The van der Waals surface area contributed by atoms with Crippen LogP contribution >= 0.6 is 117 Å². The van der Waals surface area contributed by atoms with Crippen LogP contribution in [0.25, 0.3) is 84.0 Å². The summed E-state index contributed by atoms with van der Waals surface area (Å²) in [6, 6.07) is 53.6. The van der Waals surface area contributed by atoms with Gasteiger partial charge in [-0.2, -0.15) is 17.5 Å². The topological polar surface area (TPSA) is 92.2 Å². The van der Waals surface area contributed by atoms with Gasteiger partial charge >= 0.3 is 0 Å². The third-order valence-corrected chi connectivity index (χ3v) is 33.2. The Morgan fingerprint density at radius 3 is 0.947 bits per heavy atom. The van der Waals surface area contributed by atoms with Gasteiger partial charge in [-0.05, 0) is 145 Å². The quantitative estimate of drug-likeness (QED) is 0.0212. The van der Waals surface area contributed by atoms with Crippen molar-refractivity contribution in [3.05, 3.63) is 221 Å². The summed E-state index contributed by atoms with van der Waals surface area (Å²) in [5.41, 5.74) is 21.7. The van der Waals surface area contributed by atoms with E-state index in [0.717, 1.165) is 79.8 Å². The van der Waals surface area contributed by atoms with Crippen LogP contribution < -0.4 is 0 Å². The van der Waals surface area contributed by atoms with Crippen LogP contribution in [0.2, 0.25) is 0 Å². The van der Waals surface area contributed by atoms with Crippen LogP contribution in [0.4, 0.5) is 0 Å². The molecule has 588 valence electrons. The van der Waals surface area contributed by atoms with Gasteiger partial charge in [0, 0.05) is 56.2 Å². The van der Waals surface area contributed by atoms with Crippen LogP contribution in [0.1, 0.15) is 274 Å². The SMILES string of the molecule is CCCCCCCCc1ccc(C2(c3ccc(CCCCCCCC)cc3)c3cc(-c4ccc(/C=C5\SC(=S)N(CC)C5=O)c5nsnc45)sc3-c3sc4c5c(sc4c32)-c2sc(-c3ccc(/C=C4\SC(=S)N(CC)C4=O)c4nsnc34)cc2C5(c2ccc(CCCCCCCC)cc2)c2ccc(CCCCCCCC)cc2)cc1. The Morgan fingerprint density at radius 2 is 0.649 bits per heavy atom. The van der Waals surface area contributed by atoms with E-state index in [1.54, 1.807) is 9.80 Å². The van der Waals surface area contributed by atoms with Crippen LogP contribution in [0.5, 0.6) is 0 Å². The molecule has 0 N–H and O–H groups in total. The molecule has 2 fully saturated rings. The fourth-order valence-electron chi connectivity index (χ4n) is 18.0. The summed E-state index contributed by atoms with van der Waals surface area (Å²) in [5.74, 6) is -0.124. The maximum Gasteiger partial charge on any atom is 0.266 e. The highest BCUT2D eigenvalue weighted by molar-refractivity contribution is 8.27. The monoisotopic (exact) mass is 1690 g/mol. The molecule has 0 saturated carbocycles. The van der Waals surface area contributed by atoms with Crippen molar-refractivity contribution in [1.82, 2.24) is 27.3 Å². The van der Waals surface area contributed by atoms with Gasteiger partial charge in [0.25, 0.3) is 11.8 Å². The summed E-state index contributed by atoms with van der Waals surface area (Å²) >= 11 is 24.5. The lowest BCUT2D eigenvalue weighted by Crippen LogP contribution is -2.29. The number of hydrogen-bond acceptors (Lipinski definition) is 16. The van der Waals surface area contributed by atoms with Gasteiger partial charge in [-0.1, -0.05) is 325 Å². The number of hydrogen-bond donors (Lipinski definition) is 0. The van der Waals surface area contributed by atoms with E-state index in [0.29, 0.717) is 31.5 Å². The Balaban J connectivity index is 0.923. The number of likely N-dealkylation sites (N-methyl/N-ethyl adjacent to an activating group) is 2. The van der Waals surface area contributed by atoms with Crippen molar-refractivity contribution >= 4 is 181 Å². The van der Waals surface area contributed by atoms with Crippen LogP contribution in [0.15, 0.2) is 143 Å². The number of rotatable bonds is 38. The van der Waals surface area contributed by atoms with E-state index in [1.165, 1.54) is 297 Å². The van der Waals surface area contributed by atoms with Gasteiger partial charge in [0.1, 0.15) is 30.7 Å². The predicted octanol–water partition coefficient (Wildman–Crippen LogP) is 29.2. The van der Waals surface area contributed by atoms with E-state index >= 15 is 0 Å². The van der Waals surface area contributed by atoms with E-state index in [4.69, 9.17) is 41.9 Å². The summed E-state index contributed by atoms with van der Waals surface area (Å²) in [6.07, 6.45) is 38.4. The standard InChI is InChI=1S/C96H102N6O2S10/c1-7-13-17-21-25-29-33-61-37-47-67(48-38-61)95(68-49-39-62(40-50-68)34-30-26-22-18-14-8-2)73-59-75(71-55-45-65(81-83(71)99-113-97-81)57-77-91(103)101(11-5)93(105)109-77)107-85(73)87-79(95)89-90(111-87)80-88(112-89)86-74(60-76(108-86)72-56-46-66(82-84(72)100-114-98-82)58-78-92(104)102(12-6)94(106)110-78)96(80,69-51-41-63(42-52-69)35-31-27-23-19-15-9-3)70-53-43-64(44-54-70)36-32-28-24-20-16-10-4/h37-60H,7-36H2,1-6H3/b77-57-,78-58-. The van der Waals surface area contributed by atoms with Crippen LogP contribution in [-0.2, 0) is 46.1 Å². The first kappa shape index (κ1) is 81.1. The molecule has 6 aromatic carbocycles. The molecule has 8 heterocycles. The number of fused-ring (bicyclic) bond motifs is 11. The van der Waals surface area contributed by atoms with Crippen molar-refractivity contribution in [2.45, 2.75) is 232 Å². The largest absolute Gasteiger partial charge is 0.293 e. The third kappa shape index (κ3) is 15.6. The lowest BCUT2D eigenvalue weighted by Gasteiger charge is -2.34. The lowest BCUT2D eigenvalue weighted by atomic mass is 9.67. The number of aryl methyl sites for hydroxylation is 4. The molecular formula is C96H102N6O2S10. The number of nitrogens with zero attached hydrogens (tertiary/aromatic N) is 6. The number of carbonyl (C=O) groups is 2. The van der Waals surface area contributed by atoms with Crippen LogP contribution in [0, 0.1) is 0 Å². The van der Waals surface area contributed by atoms with Crippen molar-refractivity contribution in [2.75, 3.05) is 13.1 Å². The summed E-state index contributed by atoms with van der Waals surface area (Å²) < 4.78 is 24.2. The second kappa shape index (κ2) is 36.7. The number of unbranched alkanes of at least 4 members (excludes halogenated alkanes) is 20. The van der Waals surface area contributed by atoms with Gasteiger partial charge in [0.2, 0.25) is 0 Å². The summed E-state index contributed by atoms with van der Waals surface area (Å²) in [6.45, 7) is 14.2. The predicted molar refractivity (Wildman–Crippen MR) is 502 cm³/mol. The molecule has 0 atom stereocenters. The molecular weight excluding hydrogens is 1590 g/mol. The first-order valence-corrected chi connectivity index (χ1v) is 49.4. The smallest absolute Gasteiger partial charge is 0.266 e. The molecule has 16 rings (SSSR count). The zero-order valence-corrected chi connectivity index (χ0v) is 74.8. The molecule has 6 aromatic heterocycles. The number of benzene rings is 6. The van der Waals surface area contributed by atoms with Gasteiger partial charge in [-0.15, -0.1) is 45.3 Å². The molecule has 0 bridgehead atoms. The van der Waals surface area contributed by atoms with E-state index < -0.39 is 10.8 Å². The van der Waals surface area contributed by atoms with E-state index in [-0.39, 0.29) is 11.8 Å². The second-order valence-corrected chi connectivity index (χ2v) is 40.1. The molecule has 114 heavy (non-hydrogen) atoms. The molecule has 2 amide bonds. The van der Waals surface area contributed by atoms with Gasteiger partial charge in [0.05, 0.1) is 73.0 Å². The fraction of sp³-hybridized carbons (Fsp3) is 0.396. The number of amides is 2. The van der Waals surface area contributed by atoms with E-state index in [1.807, 2.05) is 71.3 Å². The van der Waals surface area contributed by atoms with Crippen LogP contribution in [-0.4, -0.2) is 60.8 Å². The number of thiocarbonyl (C=S) groups is 2. The first-order chi connectivity index (χ1) is 55.9. The van der Waals surface area contributed by atoms with Gasteiger partial charge in [-0.25, -0.2) is 0 Å². The van der Waals surface area contributed by atoms with Crippen molar-refractivity contribution in [1.29, 1.82) is 0 Å². The number of carbonyl (C=O) groups excluding carboxylic acids is 2. The van der Waals surface area contributed by atoms with E-state index in [9.17, 15) is 9.59 Å². The average molecular weight is 1690 g/mol. The van der Waals surface area contributed by atoms with Gasteiger partial charge < -0.3 is 0 Å². The van der Waals surface area contributed by atoms with Crippen molar-refractivity contribution < 1.29 is 9.59 Å². The average Bonchev–Trinajstić information content (AvgIpc) is 1.48. The Labute approximate surface area is 717 Å². The molecule has 2 saturated heterocycles. The Morgan fingerprint density at radius 1 is 0.351 bits per heavy atom. The normalized spacial score (nSPS) is 15.6. The molecule has 0 unspecified atom stereocenters. The Bertz CT molecular complexity index is 5090. The third-order valence-electron chi connectivity index (χ3n) is 24.2. The number of aromatic nitrogens is 4. The minimum absolute atomic E-state index is 0.0621. The summed E-state index contributed by atoms with van der Waals surface area (Å²) in [5, 5.41) is 0. The first-order valence-electron chi connectivity index (χ1n) is 42.2. The van der Waals surface area contributed by atoms with Crippen molar-refractivity contribution in [3.8, 4) is 40.4 Å². The molecule has 4 aliphatic rings. The minimum Gasteiger partial charge on any atom is -0.293 e. The van der Waals surface area contributed by atoms with Gasteiger partial charge in [0.15, 0.2) is 0 Å². The second-order valence-electron chi connectivity index (χ2n) is 31.5. The van der Waals surface area contributed by atoms with Crippen molar-refractivity contribution in [2.24, 2.45) is 0 Å². The maximum absolute atomic E-state index is 13.8. The molecule has 8 nitrogen and oxygen atoms in total. The fourth-order valence-corrected chi connectivity index (χ4v) is 27.8. The highest BCUT2D eigenvalue weighted by Gasteiger charge is 2.55. The van der Waals surface area contributed by atoms with Crippen LogP contribution in [0.3, 0.4) is 0 Å². The minimum atomic E-state index is -0.731. The Hall–Kier alpha value is -6.68. The zero-order chi connectivity index (χ0) is 78.5. The lowest BCUT2D eigenvalue weighted by molar-refractivity contribution is -0.122. The summed E-state index contributed by atoms with van der Waals surface area (Å²) in [7, 11) is 0. The Kier molecular flexibility index (Phi) is 26.1. The highest BCUT2D eigenvalue weighted by atomic mass is 32.2. The van der Waals surface area contributed by atoms with Gasteiger partial charge in [-0.3, -0.25) is 19.4 Å². The highest BCUT2D eigenvalue weighted by Crippen LogP contribution is 2.71. The number of thiophene rings is 4. The molecule has 0 spiro atoms. The van der Waals surface area contributed by atoms with Crippen molar-refractivity contribution in [3.63, 3.8) is 0 Å². The van der Waals surface area contributed by atoms with E-state index in [2.05, 4.69) is 161 Å².